The van der Waals surface area contributed by atoms with Crippen LogP contribution in [-0.2, 0) is 0 Å². The summed E-state index contributed by atoms with van der Waals surface area (Å²) in [5.74, 6) is 0.951. The second-order valence-electron chi connectivity index (χ2n) is 5.83. The summed E-state index contributed by atoms with van der Waals surface area (Å²) < 4.78 is 0. The fraction of sp³-hybridized carbons (Fsp3) is 1.00. The number of rotatable bonds is 7. The molecule has 0 nitrogen and oxygen atoms in total. The van der Waals surface area contributed by atoms with Crippen LogP contribution in [0.2, 0.25) is 0 Å². The predicted molar refractivity (Wildman–Crippen MR) is 74.7 cm³/mol. The first-order valence-electron chi connectivity index (χ1n) is 6.55. The van der Waals surface area contributed by atoms with Crippen molar-refractivity contribution in [2.75, 3.05) is 0 Å². The zero-order chi connectivity index (χ0) is 11.9. The zero-order valence-electron chi connectivity index (χ0n) is 11.3. The normalized spacial score (nSPS) is 16.4. The first-order valence-corrected chi connectivity index (χ1v) is 7.47. The van der Waals surface area contributed by atoms with E-state index in [0.29, 0.717) is 10.2 Å². The Hall–Kier alpha value is 0.480. The van der Waals surface area contributed by atoms with E-state index in [0.717, 1.165) is 5.92 Å². The zero-order valence-corrected chi connectivity index (χ0v) is 12.9. The minimum absolute atomic E-state index is 0.406. The van der Waals surface area contributed by atoms with Crippen LogP contribution in [0.25, 0.3) is 0 Å². The smallest absolute Gasteiger partial charge is 0.0194 e. The van der Waals surface area contributed by atoms with Gasteiger partial charge < -0.3 is 0 Å². The molecule has 0 aliphatic carbocycles. The van der Waals surface area contributed by atoms with E-state index in [4.69, 9.17) is 0 Å². The topological polar surface area (TPSA) is 0 Å². The molecule has 2 atom stereocenters. The van der Waals surface area contributed by atoms with Gasteiger partial charge in [-0.1, -0.05) is 76.2 Å². The molecule has 0 N–H and O–H groups in total. The lowest BCUT2D eigenvalue weighted by molar-refractivity contribution is 0.340. The van der Waals surface area contributed by atoms with Gasteiger partial charge in [-0.25, -0.2) is 0 Å². The first kappa shape index (κ1) is 15.5. The molecule has 92 valence electrons. The van der Waals surface area contributed by atoms with Crippen LogP contribution in [0.5, 0.6) is 0 Å². The van der Waals surface area contributed by atoms with E-state index >= 15 is 0 Å². The Labute approximate surface area is 105 Å². The molecular formula is C14H29Br. The first-order chi connectivity index (χ1) is 6.91. The lowest BCUT2D eigenvalue weighted by Crippen LogP contribution is -2.21. The molecule has 0 rings (SSSR count). The van der Waals surface area contributed by atoms with Crippen molar-refractivity contribution < 1.29 is 0 Å². The molecule has 0 heterocycles. The molecule has 2 unspecified atom stereocenters. The van der Waals surface area contributed by atoms with Gasteiger partial charge in [0, 0.05) is 4.83 Å². The third kappa shape index (κ3) is 7.38. The summed E-state index contributed by atoms with van der Waals surface area (Å²) in [6.45, 7) is 11.6. The summed E-state index contributed by atoms with van der Waals surface area (Å²) in [5, 5.41) is 0. The summed E-state index contributed by atoms with van der Waals surface area (Å²) in [6, 6.07) is 0. The number of hydrogen-bond donors (Lipinski definition) is 0. The van der Waals surface area contributed by atoms with Gasteiger partial charge >= 0.3 is 0 Å². The summed E-state index contributed by atoms with van der Waals surface area (Å²) in [7, 11) is 0. The molecule has 1 heteroatoms. The van der Waals surface area contributed by atoms with E-state index in [-0.39, 0.29) is 0 Å². The summed E-state index contributed by atoms with van der Waals surface area (Å²) in [6.07, 6.45) is 8.24. The van der Waals surface area contributed by atoms with Crippen LogP contribution in [0.15, 0.2) is 0 Å². The van der Waals surface area contributed by atoms with Gasteiger partial charge in [-0.05, 0) is 24.2 Å². The summed E-state index contributed by atoms with van der Waals surface area (Å²) in [5.41, 5.74) is 0.406. The molecule has 0 spiro atoms. The molecule has 0 aromatic rings. The van der Waals surface area contributed by atoms with Crippen LogP contribution in [0, 0.1) is 11.3 Å². The molecular weight excluding hydrogens is 248 g/mol. The van der Waals surface area contributed by atoms with E-state index in [9.17, 15) is 0 Å². The monoisotopic (exact) mass is 276 g/mol. The third-order valence-corrected chi connectivity index (χ3v) is 5.14. The molecule has 0 aliphatic rings. The number of unbranched alkanes of at least 4 members (excludes halogenated alkanes) is 1. The molecule has 0 fully saturated rings. The van der Waals surface area contributed by atoms with Gasteiger partial charge in [0.05, 0.1) is 0 Å². The van der Waals surface area contributed by atoms with Crippen molar-refractivity contribution in [1.82, 2.24) is 0 Å². The summed E-state index contributed by atoms with van der Waals surface area (Å²) in [4.78, 5) is 0.667. The largest absolute Gasteiger partial charge is 0.0885 e. The molecule has 0 bridgehead atoms. The lowest BCUT2D eigenvalue weighted by Gasteiger charge is -2.27. The average molecular weight is 277 g/mol. The van der Waals surface area contributed by atoms with Gasteiger partial charge in [0.1, 0.15) is 0 Å². The van der Waals surface area contributed by atoms with E-state index < -0.39 is 0 Å². The fourth-order valence-corrected chi connectivity index (χ4v) is 2.12. The fourth-order valence-electron chi connectivity index (χ4n) is 1.86. The minimum Gasteiger partial charge on any atom is -0.0885 e. The minimum atomic E-state index is 0.406. The Kier molecular flexibility index (Phi) is 7.95. The van der Waals surface area contributed by atoms with E-state index in [1.807, 2.05) is 0 Å². The van der Waals surface area contributed by atoms with Crippen LogP contribution in [0.1, 0.15) is 73.1 Å². The highest BCUT2D eigenvalue weighted by Crippen LogP contribution is 2.32. The second kappa shape index (κ2) is 7.70. The molecule has 0 aliphatic heterocycles. The van der Waals surface area contributed by atoms with Crippen LogP contribution in [0.3, 0.4) is 0 Å². The maximum atomic E-state index is 3.82. The maximum Gasteiger partial charge on any atom is 0.0194 e. The SMILES string of the molecule is CCCCC(CC)CCC(Br)C(C)(C)C. The molecule has 0 amide bonds. The Bertz CT molecular complexity index is 146. The highest BCUT2D eigenvalue weighted by molar-refractivity contribution is 9.09. The van der Waals surface area contributed by atoms with Crippen molar-refractivity contribution in [3.05, 3.63) is 0 Å². The molecule has 0 saturated heterocycles. The molecule has 0 saturated carbocycles. The highest BCUT2D eigenvalue weighted by atomic mass is 79.9. The van der Waals surface area contributed by atoms with Crippen molar-refractivity contribution in [3.63, 3.8) is 0 Å². The van der Waals surface area contributed by atoms with Gasteiger partial charge in [0.15, 0.2) is 0 Å². The molecule has 0 aromatic heterocycles. The average Bonchev–Trinajstić information content (AvgIpc) is 2.16. The Balaban J connectivity index is 3.79. The standard InChI is InChI=1S/C14H29Br/c1-6-8-9-12(7-2)10-11-13(15)14(3,4)5/h12-13H,6-11H2,1-5H3. The predicted octanol–water partition coefficient (Wildman–Crippen LogP) is 5.79. The van der Waals surface area contributed by atoms with E-state index in [2.05, 4.69) is 50.5 Å². The number of alkyl halides is 1. The van der Waals surface area contributed by atoms with Crippen LogP contribution in [0.4, 0.5) is 0 Å². The van der Waals surface area contributed by atoms with Gasteiger partial charge in [0.2, 0.25) is 0 Å². The molecule has 0 radical (unpaired) electrons. The lowest BCUT2D eigenvalue weighted by atomic mass is 9.86. The Morgan fingerprint density at radius 2 is 1.60 bits per heavy atom. The van der Waals surface area contributed by atoms with Gasteiger partial charge in [-0.3, -0.25) is 0 Å². The van der Waals surface area contributed by atoms with Gasteiger partial charge in [-0.15, -0.1) is 0 Å². The van der Waals surface area contributed by atoms with E-state index in [1.54, 1.807) is 0 Å². The van der Waals surface area contributed by atoms with Crippen LogP contribution in [-0.4, -0.2) is 4.83 Å². The van der Waals surface area contributed by atoms with Crippen molar-refractivity contribution in [1.29, 1.82) is 0 Å². The second-order valence-corrected chi connectivity index (χ2v) is 6.93. The third-order valence-electron chi connectivity index (χ3n) is 3.31. The van der Waals surface area contributed by atoms with Crippen LogP contribution < -0.4 is 0 Å². The van der Waals surface area contributed by atoms with Gasteiger partial charge in [-0.2, -0.15) is 0 Å². The van der Waals surface area contributed by atoms with Crippen molar-refractivity contribution >= 4 is 15.9 Å². The molecule has 0 aromatic carbocycles. The van der Waals surface area contributed by atoms with Crippen molar-refractivity contribution in [2.45, 2.75) is 78.0 Å². The highest BCUT2D eigenvalue weighted by Gasteiger charge is 2.22. The summed E-state index contributed by atoms with van der Waals surface area (Å²) >= 11 is 3.82. The van der Waals surface area contributed by atoms with Crippen molar-refractivity contribution in [2.24, 2.45) is 11.3 Å². The quantitative estimate of drug-likeness (QED) is 0.516. The van der Waals surface area contributed by atoms with E-state index in [1.165, 1.54) is 38.5 Å². The van der Waals surface area contributed by atoms with Gasteiger partial charge in [0.25, 0.3) is 0 Å². The molecule has 15 heavy (non-hydrogen) atoms. The number of halogens is 1. The van der Waals surface area contributed by atoms with Crippen LogP contribution >= 0.6 is 15.9 Å². The maximum absolute atomic E-state index is 3.82. The Morgan fingerprint density at radius 1 is 1.00 bits per heavy atom. The van der Waals surface area contributed by atoms with Crippen molar-refractivity contribution in [3.8, 4) is 0 Å². The number of hydrogen-bond acceptors (Lipinski definition) is 0. The Morgan fingerprint density at radius 3 is 2.00 bits per heavy atom.